The molecule has 0 fully saturated rings. The van der Waals surface area contributed by atoms with Crippen LogP contribution in [0.15, 0.2) is 164 Å². The summed E-state index contributed by atoms with van der Waals surface area (Å²) in [5.41, 5.74) is 7.37. The van der Waals surface area contributed by atoms with Gasteiger partial charge < -0.3 is 15.0 Å². The van der Waals surface area contributed by atoms with Crippen molar-refractivity contribution in [3.63, 3.8) is 0 Å². The number of nitrogens with one attached hydrogen (secondary N) is 1. The van der Waals surface area contributed by atoms with Crippen LogP contribution in [0.25, 0.3) is 11.1 Å². The molecule has 3 heteroatoms. The summed E-state index contributed by atoms with van der Waals surface area (Å²) < 4.78 is 6.37. The van der Waals surface area contributed by atoms with E-state index >= 15 is 0 Å². The van der Waals surface area contributed by atoms with Crippen molar-refractivity contribution in [2.45, 2.75) is 0 Å². The average molecular weight is 505 g/mol. The lowest BCUT2D eigenvalue weighted by atomic mass is 10.0. The van der Waals surface area contributed by atoms with Crippen molar-refractivity contribution in [3.05, 3.63) is 164 Å². The molecule has 0 aliphatic carbocycles. The van der Waals surface area contributed by atoms with Gasteiger partial charge in [0.2, 0.25) is 0 Å². The fourth-order valence-corrected chi connectivity index (χ4v) is 4.69. The van der Waals surface area contributed by atoms with Crippen LogP contribution in [0.2, 0.25) is 0 Å². The second-order valence-electron chi connectivity index (χ2n) is 9.18. The van der Waals surface area contributed by atoms with Gasteiger partial charge in [0.15, 0.2) is 0 Å². The standard InChI is InChI=1S/C36H28N2O/c1-5-15-28(16-6-1)35-23-13-14-24-36(35)38(31-19-9-3-10-20-31)32-25-30(37-29-17-7-2-8-18-29)26-34(27-32)39-33-21-11-4-12-22-33/h1-27,37H. The van der Waals surface area contributed by atoms with E-state index in [1.165, 1.54) is 0 Å². The van der Waals surface area contributed by atoms with Crippen molar-refractivity contribution in [1.29, 1.82) is 0 Å². The van der Waals surface area contributed by atoms with Gasteiger partial charge in [0.1, 0.15) is 11.5 Å². The van der Waals surface area contributed by atoms with Crippen LogP contribution in [0, 0.1) is 0 Å². The van der Waals surface area contributed by atoms with Gasteiger partial charge in [0, 0.05) is 34.8 Å². The van der Waals surface area contributed by atoms with Crippen LogP contribution < -0.4 is 15.0 Å². The second-order valence-corrected chi connectivity index (χ2v) is 9.18. The van der Waals surface area contributed by atoms with E-state index in [1.807, 2.05) is 66.7 Å². The van der Waals surface area contributed by atoms with E-state index in [0.717, 1.165) is 51.1 Å². The smallest absolute Gasteiger partial charge is 0.131 e. The first-order chi connectivity index (χ1) is 19.3. The van der Waals surface area contributed by atoms with Crippen LogP contribution in [0.1, 0.15) is 0 Å². The molecule has 0 aromatic heterocycles. The molecular formula is C36H28N2O. The molecule has 6 aromatic rings. The highest BCUT2D eigenvalue weighted by atomic mass is 16.5. The van der Waals surface area contributed by atoms with Gasteiger partial charge in [-0.15, -0.1) is 0 Å². The fraction of sp³-hybridized carbons (Fsp3) is 0. The summed E-state index contributed by atoms with van der Waals surface area (Å²) in [6, 6.07) is 55.9. The topological polar surface area (TPSA) is 24.5 Å². The molecular weight excluding hydrogens is 476 g/mol. The SMILES string of the molecule is c1ccc(Nc2cc(Oc3ccccc3)cc(N(c3ccccc3)c3ccccc3-c3ccccc3)c2)cc1. The first-order valence-corrected chi connectivity index (χ1v) is 13.0. The summed E-state index contributed by atoms with van der Waals surface area (Å²) in [6.45, 7) is 0. The Bertz CT molecular complexity index is 1580. The van der Waals surface area contributed by atoms with Gasteiger partial charge in [-0.1, -0.05) is 103 Å². The quantitative estimate of drug-likeness (QED) is 0.223. The van der Waals surface area contributed by atoms with Gasteiger partial charge in [-0.2, -0.15) is 0 Å². The minimum absolute atomic E-state index is 0.746. The molecule has 0 heterocycles. The highest BCUT2D eigenvalue weighted by Crippen LogP contribution is 2.43. The maximum absolute atomic E-state index is 6.37. The van der Waals surface area contributed by atoms with Crippen LogP contribution in [0.5, 0.6) is 11.5 Å². The lowest BCUT2D eigenvalue weighted by Crippen LogP contribution is -2.11. The van der Waals surface area contributed by atoms with Crippen LogP contribution in [-0.4, -0.2) is 0 Å². The monoisotopic (exact) mass is 504 g/mol. The van der Waals surface area contributed by atoms with Gasteiger partial charge in [0.25, 0.3) is 0 Å². The van der Waals surface area contributed by atoms with Crippen LogP contribution >= 0.6 is 0 Å². The minimum atomic E-state index is 0.746. The van der Waals surface area contributed by atoms with E-state index < -0.39 is 0 Å². The van der Waals surface area contributed by atoms with Crippen molar-refractivity contribution in [1.82, 2.24) is 0 Å². The highest BCUT2D eigenvalue weighted by Gasteiger charge is 2.18. The number of benzene rings is 6. The summed E-state index contributed by atoms with van der Waals surface area (Å²) in [6.07, 6.45) is 0. The molecule has 0 atom stereocenters. The van der Waals surface area contributed by atoms with E-state index in [1.54, 1.807) is 0 Å². The Kier molecular flexibility index (Phi) is 7.04. The molecule has 0 saturated carbocycles. The van der Waals surface area contributed by atoms with Crippen molar-refractivity contribution in [3.8, 4) is 22.6 Å². The first-order valence-electron chi connectivity index (χ1n) is 13.0. The normalized spacial score (nSPS) is 10.6. The van der Waals surface area contributed by atoms with Gasteiger partial charge in [-0.3, -0.25) is 0 Å². The molecule has 6 aromatic carbocycles. The lowest BCUT2D eigenvalue weighted by Gasteiger charge is -2.28. The number of ether oxygens (including phenoxy) is 1. The predicted molar refractivity (Wildman–Crippen MR) is 163 cm³/mol. The Morgan fingerprint density at radius 1 is 0.436 bits per heavy atom. The largest absolute Gasteiger partial charge is 0.457 e. The summed E-state index contributed by atoms with van der Waals surface area (Å²) in [7, 11) is 0. The van der Waals surface area contributed by atoms with Crippen molar-refractivity contribution < 1.29 is 4.74 Å². The van der Waals surface area contributed by atoms with E-state index in [2.05, 4.69) is 107 Å². The lowest BCUT2D eigenvalue weighted by molar-refractivity contribution is 0.483. The fourth-order valence-electron chi connectivity index (χ4n) is 4.69. The molecule has 39 heavy (non-hydrogen) atoms. The summed E-state index contributed by atoms with van der Waals surface area (Å²) >= 11 is 0. The highest BCUT2D eigenvalue weighted by molar-refractivity contribution is 5.89. The summed E-state index contributed by atoms with van der Waals surface area (Å²) in [4.78, 5) is 2.29. The minimum Gasteiger partial charge on any atom is -0.457 e. The molecule has 0 bridgehead atoms. The third-order valence-corrected chi connectivity index (χ3v) is 6.43. The van der Waals surface area contributed by atoms with Crippen molar-refractivity contribution >= 4 is 28.4 Å². The molecule has 188 valence electrons. The molecule has 0 unspecified atom stereocenters. The molecule has 0 spiro atoms. The van der Waals surface area contributed by atoms with Crippen molar-refractivity contribution in [2.75, 3.05) is 10.2 Å². The van der Waals surface area contributed by atoms with E-state index in [-0.39, 0.29) is 0 Å². The Morgan fingerprint density at radius 2 is 1.03 bits per heavy atom. The predicted octanol–water partition coefficient (Wildman–Crippen LogP) is 10.4. The van der Waals surface area contributed by atoms with Crippen LogP contribution in [0.4, 0.5) is 28.4 Å². The Labute approximate surface area is 229 Å². The number of hydrogen-bond donors (Lipinski definition) is 1. The zero-order chi connectivity index (χ0) is 26.3. The summed E-state index contributed by atoms with van der Waals surface area (Å²) in [5.74, 6) is 1.53. The summed E-state index contributed by atoms with van der Waals surface area (Å²) in [5, 5.41) is 3.57. The zero-order valence-electron chi connectivity index (χ0n) is 21.4. The molecule has 0 saturated heterocycles. The number of hydrogen-bond acceptors (Lipinski definition) is 3. The zero-order valence-corrected chi connectivity index (χ0v) is 21.4. The Morgan fingerprint density at radius 3 is 1.74 bits per heavy atom. The number of anilines is 5. The number of nitrogens with zero attached hydrogens (tertiary/aromatic N) is 1. The Hall–Kier alpha value is -5.28. The molecule has 1 N–H and O–H groups in total. The van der Waals surface area contributed by atoms with Crippen LogP contribution in [-0.2, 0) is 0 Å². The van der Waals surface area contributed by atoms with E-state index in [4.69, 9.17) is 4.74 Å². The van der Waals surface area contributed by atoms with E-state index in [0.29, 0.717) is 0 Å². The molecule has 0 radical (unpaired) electrons. The maximum Gasteiger partial charge on any atom is 0.131 e. The molecule has 3 nitrogen and oxygen atoms in total. The third kappa shape index (κ3) is 5.68. The molecule has 6 rings (SSSR count). The van der Waals surface area contributed by atoms with E-state index in [9.17, 15) is 0 Å². The number of rotatable bonds is 8. The first kappa shape index (κ1) is 24.1. The molecule has 0 amide bonds. The van der Waals surface area contributed by atoms with Crippen LogP contribution in [0.3, 0.4) is 0 Å². The molecule has 0 aliphatic rings. The van der Waals surface area contributed by atoms with Gasteiger partial charge in [0.05, 0.1) is 11.4 Å². The Balaban J connectivity index is 1.52. The van der Waals surface area contributed by atoms with Gasteiger partial charge >= 0.3 is 0 Å². The average Bonchev–Trinajstić information content (AvgIpc) is 3.00. The van der Waals surface area contributed by atoms with Gasteiger partial charge in [-0.25, -0.2) is 0 Å². The van der Waals surface area contributed by atoms with Crippen molar-refractivity contribution in [2.24, 2.45) is 0 Å². The molecule has 0 aliphatic heterocycles. The van der Waals surface area contributed by atoms with Gasteiger partial charge in [-0.05, 0) is 54.1 Å². The second kappa shape index (κ2) is 11.4. The maximum atomic E-state index is 6.37. The third-order valence-electron chi connectivity index (χ3n) is 6.43. The number of para-hydroxylation sites is 4.